The molecule has 0 atom stereocenters. The summed E-state index contributed by atoms with van der Waals surface area (Å²) in [4.78, 5) is 1.59. The maximum atomic E-state index is 5.42. The molecule has 0 bridgehead atoms. The Morgan fingerprint density at radius 1 is 0.857 bits per heavy atom. The van der Waals surface area contributed by atoms with Crippen LogP contribution in [-0.4, -0.2) is 38.2 Å². The molecule has 28 heavy (non-hydrogen) atoms. The Hall–Kier alpha value is -2.35. The highest BCUT2D eigenvalue weighted by atomic mass is 32.1. The quantitative estimate of drug-likeness (QED) is 0.629. The standard InChI is InChI=1S/C21H25N3O3S/c28-21(23-13-18-5-6-19-20(11-18)27-15-26-19)22-12-16-1-3-17(4-2-16)14-24-7-9-25-10-8-24/h1-6,11H,7-10,12-15H2,(H2,22,23,28)/p+1. The van der Waals surface area contributed by atoms with Crippen molar-refractivity contribution in [2.24, 2.45) is 0 Å². The molecule has 2 aliphatic heterocycles. The maximum absolute atomic E-state index is 5.42. The van der Waals surface area contributed by atoms with Crippen LogP contribution < -0.4 is 25.0 Å². The fourth-order valence-electron chi connectivity index (χ4n) is 3.38. The topological polar surface area (TPSA) is 56.2 Å². The molecule has 0 amide bonds. The van der Waals surface area contributed by atoms with Crippen LogP contribution >= 0.6 is 12.2 Å². The van der Waals surface area contributed by atoms with Crippen molar-refractivity contribution in [3.63, 3.8) is 0 Å². The minimum atomic E-state index is 0.290. The van der Waals surface area contributed by atoms with Gasteiger partial charge in [0.1, 0.15) is 19.6 Å². The van der Waals surface area contributed by atoms with Gasteiger partial charge in [0.15, 0.2) is 16.6 Å². The predicted octanol–water partition coefficient (Wildman–Crippen LogP) is 0.995. The van der Waals surface area contributed by atoms with Gasteiger partial charge in [0.05, 0.1) is 13.2 Å². The first-order chi connectivity index (χ1) is 13.8. The summed E-state index contributed by atoms with van der Waals surface area (Å²) in [7, 11) is 0. The van der Waals surface area contributed by atoms with Gasteiger partial charge in [0.25, 0.3) is 0 Å². The number of ether oxygens (including phenoxy) is 3. The van der Waals surface area contributed by atoms with Crippen LogP contribution in [0.5, 0.6) is 11.5 Å². The zero-order valence-corrected chi connectivity index (χ0v) is 16.6. The molecule has 4 rings (SSSR count). The van der Waals surface area contributed by atoms with E-state index in [0.29, 0.717) is 25.0 Å². The van der Waals surface area contributed by atoms with Crippen molar-refractivity contribution in [2.45, 2.75) is 19.6 Å². The zero-order valence-electron chi connectivity index (χ0n) is 15.8. The van der Waals surface area contributed by atoms with Gasteiger partial charge in [0, 0.05) is 18.7 Å². The lowest BCUT2D eigenvalue weighted by atomic mass is 10.1. The first-order valence-corrected chi connectivity index (χ1v) is 10.1. The van der Waals surface area contributed by atoms with E-state index in [9.17, 15) is 0 Å². The molecule has 1 saturated heterocycles. The summed E-state index contributed by atoms with van der Waals surface area (Å²) in [5.41, 5.74) is 3.68. The SMILES string of the molecule is S=C(NCc1ccc(C[NH+]2CCOCC2)cc1)NCc1ccc2c(c1)OCO2. The number of hydrogen-bond acceptors (Lipinski definition) is 4. The van der Waals surface area contributed by atoms with E-state index >= 15 is 0 Å². The highest BCUT2D eigenvalue weighted by Crippen LogP contribution is 2.32. The van der Waals surface area contributed by atoms with Crippen molar-refractivity contribution in [3.8, 4) is 11.5 Å². The number of fused-ring (bicyclic) bond motifs is 1. The molecule has 0 aromatic heterocycles. The van der Waals surface area contributed by atoms with Crippen LogP contribution in [0.4, 0.5) is 0 Å². The minimum Gasteiger partial charge on any atom is -0.454 e. The van der Waals surface area contributed by atoms with E-state index in [-0.39, 0.29) is 0 Å². The lowest BCUT2D eigenvalue weighted by Gasteiger charge is -2.23. The molecular weight excluding hydrogens is 374 g/mol. The molecule has 0 radical (unpaired) electrons. The summed E-state index contributed by atoms with van der Waals surface area (Å²) in [6, 6.07) is 14.7. The van der Waals surface area contributed by atoms with Gasteiger partial charge in [0.2, 0.25) is 6.79 Å². The fourth-order valence-corrected chi connectivity index (χ4v) is 3.52. The molecule has 2 aromatic rings. The molecule has 0 spiro atoms. The molecular formula is C21H26N3O3S+. The van der Waals surface area contributed by atoms with Crippen molar-refractivity contribution < 1.29 is 19.1 Å². The van der Waals surface area contributed by atoms with Gasteiger partial charge < -0.3 is 29.7 Å². The fraction of sp³-hybridized carbons (Fsp3) is 0.381. The number of benzene rings is 2. The van der Waals surface area contributed by atoms with Crippen LogP contribution in [0.2, 0.25) is 0 Å². The van der Waals surface area contributed by atoms with E-state index in [2.05, 4.69) is 34.9 Å². The second-order valence-electron chi connectivity index (χ2n) is 7.08. The van der Waals surface area contributed by atoms with E-state index in [1.807, 2.05) is 18.2 Å². The average Bonchev–Trinajstić information content (AvgIpc) is 3.20. The Balaban J connectivity index is 1.20. The van der Waals surface area contributed by atoms with Crippen LogP contribution in [0.15, 0.2) is 42.5 Å². The third kappa shape index (κ3) is 5.13. The number of nitrogens with one attached hydrogen (secondary N) is 3. The molecule has 6 nitrogen and oxygen atoms in total. The molecule has 2 aliphatic rings. The summed E-state index contributed by atoms with van der Waals surface area (Å²) in [6.45, 7) is 6.62. The Kier molecular flexibility index (Phi) is 6.26. The molecule has 0 unspecified atom stereocenters. The number of quaternary nitrogens is 1. The Labute approximate surface area is 170 Å². The smallest absolute Gasteiger partial charge is 0.231 e. The number of morpholine rings is 1. The van der Waals surface area contributed by atoms with Gasteiger partial charge in [-0.05, 0) is 35.5 Å². The first-order valence-electron chi connectivity index (χ1n) is 9.65. The minimum absolute atomic E-state index is 0.290. The highest BCUT2D eigenvalue weighted by molar-refractivity contribution is 7.80. The van der Waals surface area contributed by atoms with Crippen molar-refractivity contribution in [1.29, 1.82) is 0 Å². The normalized spacial score (nSPS) is 16.0. The molecule has 0 saturated carbocycles. The number of hydrogen-bond donors (Lipinski definition) is 3. The lowest BCUT2D eigenvalue weighted by Crippen LogP contribution is -3.12. The molecule has 2 aromatic carbocycles. The van der Waals surface area contributed by atoms with Crippen LogP contribution in [0.3, 0.4) is 0 Å². The van der Waals surface area contributed by atoms with E-state index in [0.717, 1.165) is 49.9 Å². The second-order valence-corrected chi connectivity index (χ2v) is 7.49. The summed E-state index contributed by atoms with van der Waals surface area (Å²) in [6.07, 6.45) is 0. The van der Waals surface area contributed by atoms with Crippen LogP contribution in [0.1, 0.15) is 16.7 Å². The maximum Gasteiger partial charge on any atom is 0.231 e. The van der Waals surface area contributed by atoms with E-state index in [1.165, 1.54) is 11.1 Å². The van der Waals surface area contributed by atoms with Crippen molar-refractivity contribution in [3.05, 3.63) is 59.2 Å². The Morgan fingerprint density at radius 2 is 1.50 bits per heavy atom. The molecule has 0 aliphatic carbocycles. The summed E-state index contributed by atoms with van der Waals surface area (Å²) in [5, 5.41) is 7.14. The summed E-state index contributed by atoms with van der Waals surface area (Å²) < 4.78 is 16.2. The Bertz CT molecular complexity index is 807. The van der Waals surface area contributed by atoms with Gasteiger partial charge in [-0.15, -0.1) is 0 Å². The lowest BCUT2D eigenvalue weighted by molar-refractivity contribution is -0.921. The van der Waals surface area contributed by atoms with Gasteiger partial charge in [-0.25, -0.2) is 0 Å². The van der Waals surface area contributed by atoms with Gasteiger partial charge >= 0.3 is 0 Å². The third-order valence-corrected chi connectivity index (χ3v) is 5.31. The molecule has 3 N–H and O–H groups in total. The van der Waals surface area contributed by atoms with Crippen molar-refractivity contribution in [1.82, 2.24) is 10.6 Å². The molecule has 7 heteroatoms. The number of thiocarbonyl (C=S) groups is 1. The van der Waals surface area contributed by atoms with Gasteiger partial charge in [-0.1, -0.05) is 30.3 Å². The second kappa shape index (κ2) is 9.23. The highest BCUT2D eigenvalue weighted by Gasteiger charge is 2.14. The van der Waals surface area contributed by atoms with E-state index in [1.54, 1.807) is 4.90 Å². The largest absolute Gasteiger partial charge is 0.454 e. The first kappa shape index (κ1) is 19.0. The molecule has 2 heterocycles. The third-order valence-electron chi connectivity index (χ3n) is 5.02. The van der Waals surface area contributed by atoms with Gasteiger partial charge in [-0.2, -0.15) is 0 Å². The van der Waals surface area contributed by atoms with E-state index < -0.39 is 0 Å². The monoisotopic (exact) mass is 400 g/mol. The molecule has 1 fully saturated rings. The van der Waals surface area contributed by atoms with Crippen LogP contribution in [-0.2, 0) is 24.4 Å². The van der Waals surface area contributed by atoms with Crippen LogP contribution in [0, 0.1) is 0 Å². The predicted molar refractivity (Wildman–Crippen MR) is 111 cm³/mol. The van der Waals surface area contributed by atoms with Crippen molar-refractivity contribution >= 4 is 17.3 Å². The van der Waals surface area contributed by atoms with Crippen molar-refractivity contribution in [2.75, 3.05) is 33.1 Å². The van der Waals surface area contributed by atoms with Gasteiger partial charge in [-0.3, -0.25) is 0 Å². The van der Waals surface area contributed by atoms with E-state index in [4.69, 9.17) is 26.4 Å². The summed E-state index contributed by atoms with van der Waals surface area (Å²) in [5.74, 6) is 1.58. The number of rotatable bonds is 6. The summed E-state index contributed by atoms with van der Waals surface area (Å²) >= 11 is 5.39. The Morgan fingerprint density at radius 3 is 2.29 bits per heavy atom. The molecule has 148 valence electrons. The van der Waals surface area contributed by atoms with Crippen LogP contribution in [0.25, 0.3) is 0 Å². The zero-order chi connectivity index (χ0) is 19.2. The average molecular weight is 401 g/mol.